The molecule has 0 spiro atoms. The van der Waals surface area contributed by atoms with Gasteiger partial charge in [-0.3, -0.25) is 14.3 Å². The maximum atomic E-state index is 13.4. The van der Waals surface area contributed by atoms with Gasteiger partial charge in [-0.25, -0.2) is 4.98 Å². The second kappa shape index (κ2) is 7.73. The molecule has 11 heteroatoms. The Hall–Kier alpha value is -3.21. The van der Waals surface area contributed by atoms with Gasteiger partial charge in [0.2, 0.25) is 0 Å². The van der Waals surface area contributed by atoms with Crippen LogP contribution < -0.4 is 10.6 Å². The molecule has 0 atom stereocenters. The number of alkyl halides is 3. The fourth-order valence-electron chi connectivity index (χ4n) is 4.22. The van der Waals surface area contributed by atoms with Crippen LogP contribution in [0.2, 0.25) is 0 Å². The summed E-state index contributed by atoms with van der Waals surface area (Å²) in [6.07, 6.45) is -2.06. The molecule has 0 fully saturated rings. The number of aromatic nitrogens is 3. The van der Waals surface area contributed by atoms with E-state index in [1.165, 1.54) is 16.0 Å². The van der Waals surface area contributed by atoms with E-state index in [2.05, 4.69) is 20.7 Å². The van der Waals surface area contributed by atoms with Crippen molar-refractivity contribution in [3.05, 3.63) is 62.4 Å². The number of amides is 2. The molecule has 3 aromatic rings. The van der Waals surface area contributed by atoms with E-state index in [4.69, 9.17) is 0 Å². The van der Waals surface area contributed by atoms with Crippen LogP contribution in [0.3, 0.4) is 0 Å². The first kappa shape index (κ1) is 20.7. The highest BCUT2D eigenvalue weighted by atomic mass is 32.1. The fraction of sp³-hybridized carbons (Fsp3) is 0.333. The van der Waals surface area contributed by atoms with Crippen molar-refractivity contribution in [1.82, 2.24) is 20.1 Å². The minimum atomic E-state index is -4.50. The topological polar surface area (TPSA) is 88.9 Å². The van der Waals surface area contributed by atoms with E-state index in [1.54, 1.807) is 17.5 Å². The van der Waals surface area contributed by atoms with Crippen LogP contribution in [0.15, 0.2) is 23.6 Å². The summed E-state index contributed by atoms with van der Waals surface area (Å²) in [5.74, 6) is -0.738. The molecule has 166 valence electrons. The number of carbonyl (C=O) groups is 2. The largest absolute Gasteiger partial charge is 0.435 e. The van der Waals surface area contributed by atoms with E-state index in [-0.39, 0.29) is 23.7 Å². The Bertz CT molecular complexity index is 1230. The molecule has 0 bridgehead atoms. The zero-order chi connectivity index (χ0) is 22.5. The Morgan fingerprint density at radius 3 is 2.88 bits per heavy atom. The first-order valence-corrected chi connectivity index (χ1v) is 11.0. The average Bonchev–Trinajstić information content (AvgIpc) is 3.47. The fourth-order valence-corrected chi connectivity index (χ4v) is 4.97. The molecule has 1 aliphatic carbocycles. The third-order valence-electron chi connectivity index (χ3n) is 5.66. The molecular formula is C21H18F3N5O2S. The lowest BCUT2D eigenvalue weighted by Gasteiger charge is -2.14. The van der Waals surface area contributed by atoms with Crippen molar-refractivity contribution in [2.45, 2.75) is 44.9 Å². The Kier molecular flexibility index (Phi) is 5.00. The van der Waals surface area contributed by atoms with Crippen molar-refractivity contribution in [2.75, 3.05) is 5.32 Å². The van der Waals surface area contributed by atoms with Gasteiger partial charge in [-0.2, -0.15) is 18.3 Å². The average molecular weight is 461 g/mol. The first-order valence-electron chi connectivity index (χ1n) is 10.1. The van der Waals surface area contributed by atoms with Crippen molar-refractivity contribution in [3.8, 4) is 0 Å². The summed E-state index contributed by atoms with van der Waals surface area (Å²) in [7, 11) is 0. The normalized spacial score (nSPS) is 15.3. The first-order chi connectivity index (χ1) is 15.3. The van der Waals surface area contributed by atoms with Crippen molar-refractivity contribution in [2.24, 2.45) is 0 Å². The molecule has 0 unspecified atom stereocenters. The molecule has 0 saturated heterocycles. The van der Waals surface area contributed by atoms with Crippen molar-refractivity contribution in [3.63, 3.8) is 0 Å². The molecule has 3 heterocycles. The van der Waals surface area contributed by atoms with Gasteiger partial charge < -0.3 is 10.6 Å². The number of carbonyl (C=O) groups excluding carboxylic acids is 2. The van der Waals surface area contributed by atoms with E-state index in [0.29, 0.717) is 47.8 Å². The minimum absolute atomic E-state index is 0.0689. The van der Waals surface area contributed by atoms with Gasteiger partial charge in [-0.15, -0.1) is 11.3 Å². The highest BCUT2D eigenvalue weighted by Crippen LogP contribution is 2.36. The lowest BCUT2D eigenvalue weighted by atomic mass is 9.95. The molecule has 2 aromatic heterocycles. The number of benzene rings is 1. The summed E-state index contributed by atoms with van der Waals surface area (Å²) in [5.41, 5.74) is 1.81. The number of halogens is 3. The van der Waals surface area contributed by atoms with Gasteiger partial charge in [0.1, 0.15) is 10.7 Å². The minimum Gasteiger partial charge on any atom is -0.348 e. The number of hydrogen-bond acceptors (Lipinski definition) is 5. The Labute approximate surface area is 184 Å². The molecule has 2 aliphatic rings. The number of rotatable bonds is 4. The van der Waals surface area contributed by atoms with Gasteiger partial charge in [0, 0.05) is 23.2 Å². The summed E-state index contributed by atoms with van der Waals surface area (Å²) in [6, 6.07) is 5.20. The van der Waals surface area contributed by atoms with Crippen LogP contribution in [0.25, 0.3) is 0 Å². The standard InChI is InChI=1S/C21H18F3N5O2S/c22-21(23,24)18-12-5-1-2-7-15(12)29(28-18)9-16-26-14(10-32-16)19(30)27-13-6-3-4-11-8-25-20(31)17(11)13/h3-4,6,10H,1-2,5,7-9H2,(H,25,31)(H,27,30). The lowest BCUT2D eigenvalue weighted by Crippen LogP contribution is -2.17. The Morgan fingerprint density at radius 2 is 2.06 bits per heavy atom. The summed E-state index contributed by atoms with van der Waals surface area (Å²) < 4.78 is 41.6. The Morgan fingerprint density at radius 1 is 1.25 bits per heavy atom. The van der Waals surface area contributed by atoms with E-state index >= 15 is 0 Å². The van der Waals surface area contributed by atoms with Gasteiger partial charge in [-0.05, 0) is 37.3 Å². The number of anilines is 1. The molecule has 1 aliphatic heterocycles. The van der Waals surface area contributed by atoms with E-state index < -0.39 is 17.8 Å². The maximum absolute atomic E-state index is 13.4. The van der Waals surface area contributed by atoms with Gasteiger partial charge in [0.15, 0.2) is 5.69 Å². The number of nitrogens with one attached hydrogen (secondary N) is 2. The van der Waals surface area contributed by atoms with Crippen LogP contribution >= 0.6 is 11.3 Å². The van der Waals surface area contributed by atoms with Crippen molar-refractivity contribution < 1.29 is 22.8 Å². The number of hydrogen-bond donors (Lipinski definition) is 2. The maximum Gasteiger partial charge on any atom is 0.435 e. The van der Waals surface area contributed by atoms with Gasteiger partial charge in [0.05, 0.1) is 17.8 Å². The third-order valence-corrected chi connectivity index (χ3v) is 6.49. The van der Waals surface area contributed by atoms with Crippen LogP contribution in [0, 0.1) is 0 Å². The molecule has 1 aromatic carbocycles. The van der Waals surface area contributed by atoms with Crippen LogP contribution in [0.4, 0.5) is 18.9 Å². The predicted octanol–water partition coefficient (Wildman–Crippen LogP) is 3.78. The number of fused-ring (bicyclic) bond motifs is 2. The summed E-state index contributed by atoms with van der Waals surface area (Å²) in [5, 5.41) is 11.3. The SMILES string of the molecule is O=C(Nc1cccc2c1C(=O)NC2)c1csc(Cn2nc(C(F)(F)F)c3c2CCCC3)n1. The molecular weight excluding hydrogens is 443 g/mol. The zero-order valence-corrected chi connectivity index (χ0v) is 17.6. The van der Waals surface area contributed by atoms with E-state index in [9.17, 15) is 22.8 Å². The molecule has 32 heavy (non-hydrogen) atoms. The van der Waals surface area contributed by atoms with Crippen molar-refractivity contribution >= 4 is 28.8 Å². The smallest absolute Gasteiger partial charge is 0.348 e. The second-order valence-corrected chi connectivity index (χ2v) is 8.68. The van der Waals surface area contributed by atoms with Crippen molar-refractivity contribution in [1.29, 1.82) is 0 Å². The van der Waals surface area contributed by atoms with Crippen LogP contribution in [-0.2, 0) is 32.1 Å². The monoisotopic (exact) mass is 461 g/mol. The predicted molar refractivity (Wildman–Crippen MR) is 111 cm³/mol. The number of nitrogens with zero attached hydrogens (tertiary/aromatic N) is 3. The highest BCUT2D eigenvalue weighted by Gasteiger charge is 2.39. The van der Waals surface area contributed by atoms with Gasteiger partial charge in [-0.1, -0.05) is 12.1 Å². The Balaban J connectivity index is 1.36. The van der Waals surface area contributed by atoms with Crippen LogP contribution in [0.1, 0.15) is 61.2 Å². The second-order valence-electron chi connectivity index (χ2n) is 7.74. The van der Waals surface area contributed by atoms with Gasteiger partial charge in [0.25, 0.3) is 11.8 Å². The molecule has 7 nitrogen and oxygen atoms in total. The quantitative estimate of drug-likeness (QED) is 0.619. The number of thiazole rings is 1. The summed E-state index contributed by atoms with van der Waals surface area (Å²) >= 11 is 1.18. The molecule has 0 radical (unpaired) electrons. The lowest BCUT2D eigenvalue weighted by molar-refractivity contribution is -0.142. The van der Waals surface area contributed by atoms with E-state index in [1.807, 2.05) is 6.07 Å². The van der Waals surface area contributed by atoms with E-state index in [0.717, 1.165) is 12.0 Å². The highest BCUT2D eigenvalue weighted by molar-refractivity contribution is 7.09. The third kappa shape index (κ3) is 3.66. The summed E-state index contributed by atoms with van der Waals surface area (Å²) in [6.45, 7) is 0.479. The molecule has 5 rings (SSSR count). The van der Waals surface area contributed by atoms with Gasteiger partial charge >= 0.3 is 6.18 Å². The molecule has 2 N–H and O–H groups in total. The molecule has 2 amide bonds. The summed E-state index contributed by atoms with van der Waals surface area (Å²) in [4.78, 5) is 29.0. The van der Waals surface area contributed by atoms with Crippen LogP contribution in [0.5, 0.6) is 0 Å². The van der Waals surface area contributed by atoms with Crippen LogP contribution in [-0.4, -0.2) is 26.6 Å². The molecule has 0 saturated carbocycles. The zero-order valence-electron chi connectivity index (χ0n) is 16.8.